The van der Waals surface area contributed by atoms with Crippen LogP contribution in [0, 0.1) is 5.82 Å². The molecule has 2 amide bonds. The average Bonchev–Trinajstić information content (AvgIpc) is 2.68. The van der Waals surface area contributed by atoms with E-state index in [0.717, 1.165) is 24.8 Å². The van der Waals surface area contributed by atoms with Crippen LogP contribution >= 0.6 is 11.6 Å². The second-order valence-electron chi connectivity index (χ2n) is 6.44. The predicted octanol–water partition coefficient (Wildman–Crippen LogP) is 2.95. The standard InChI is InChI=1S/C20H21ClFN3O2/c1-14(23-19(26)18-16(21)8-5-9-17(18)22)20(27)25-12-10-24(11-13-25)15-6-3-2-4-7-15/h2-9,14H,10-13H2,1H3,(H,23,26)/t14-/m0/s1. The molecule has 1 N–H and O–H groups in total. The molecule has 1 saturated heterocycles. The van der Waals surface area contributed by atoms with Crippen molar-refractivity contribution in [2.24, 2.45) is 0 Å². The van der Waals surface area contributed by atoms with Crippen molar-refractivity contribution in [2.75, 3.05) is 31.1 Å². The largest absolute Gasteiger partial charge is 0.368 e. The lowest BCUT2D eigenvalue weighted by molar-refractivity contribution is -0.133. The normalized spacial score (nSPS) is 15.4. The number of hydrogen-bond acceptors (Lipinski definition) is 3. The first-order valence-corrected chi connectivity index (χ1v) is 9.19. The SMILES string of the molecule is C[C@H](NC(=O)c1c(F)cccc1Cl)C(=O)N1CCN(c2ccccc2)CC1. The van der Waals surface area contributed by atoms with Gasteiger partial charge in [-0.05, 0) is 31.2 Å². The number of benzene rings is 2. The van der Waals surface area contributed by atoms with E-state index in [4.69, 9.17) is 11.6 Å². The Hall–Kier alpha value is -2.60. The number of halogens is 2. The summed E-state index contributed by atoms with van der Waals surface area (Å²) in [5.74, 6) is -1.60. The van der Waals surface area contributed by atoms with Gasteiger partial charge in [0.2, 0.25) is 5.91 Å². The van der Waals surface area contributed by atoms with Crippen molar-refractivity contribution >= 4 is 29.1 Å². The Morgan fingerprint density at radius 2 is 1.70 bits per heavy atom. The van der Waals surface area contributed by atoms with Crippen LogP contribution in [0.1, 0.15) is 17.3 Å². The fourth-order valence-corrected chi connectivity index (χ4v) is 3.39. The molecule has 0 saturated carbocycles. The topological polar surface area (TPSA) is 52.7 Å². The molecule has 1 fully saturated rings. The maximum absolute atomic E-state index is 13.9. The van der Waals surface area contributed by atoms with Gasteiger partial charge in [-0.2, -0.15) is 0 Å². The molecule has 2 aromatic rings. The number of carbonyl (C=O) groups excluding carboxylic acids is 2. The highest BCUT2D eigenvalue weighted by Crippen LogP contribution is 2.19. The van der Waals surface area contributed by atoms with Crippen molar-refractivity contribution in [1.82, 2.24) is 10.2 Å². The van der Waals surface area contributed by atoms with Gasteiger partial charge in [0.1, 0.15) is 11.9 Å². The van der Waals surface area contributed by atoms with Crippen molar-refractivity contribution in [2.45, 2.75) is 13.0 Å². The molecule has 0 bridgehead atoms. The molecule has 0 radical (unpaired) electrons. The molecule has 0 aromatic heterocycles. The van der Waals surface area contributed by atoms with Gasteiger partial charge < -0.3 is 15.1 Å². The van der Waals surface area contributed by atoms with Crippen LogP contribution in [0.2, 0.25) is 5.02 Å². The molecular weight excluding hydrogens is 369 g/mol. The first kappa shape index (κ1) is 19.2. The zero-order chi connectivity index (χ0) is 19.4. The number of nitrogens with zero attached hydrogens (tertiary/aromatic N) is 2. The number of nitrogens with one attached hydrogen (secondary N) is 1. The van der Waals surface area contributed by atoms with Crippen molar-refractivity contribution in [3.63, 3.8) is 0 Å². The Kier molecular flexibility index (Phi) is 5.96. The molecular formula is C20H21ClFN3O2. The van der Waals surface area contributed by atoms with Gasteiger partial charge in [0.05, 0.1) is 10.6 Å². The van der Waals surface area contributed by atoms with E-state index in [1.54, 1.807) is 11.8 Å². The first-order chi connectivity index (χ1) is 13.0. The fraction of sp³-hybridized carbons (Fsp3) is 0.300. The van der Waals surface area contributed by atoms with Crippen LogP contribution in [0.3, 0.4) is 0 Å². The summed E-state index contributed by atoms with van der Waals surface area (Å²) in [6.07, 6.45) is 0. The maximum atomic E-state index is 13.9. The number of para-hydroxylation sites is 1. The Morgan fingerprint density at radius 1 is 1.04 bits per heavy atom. The van der Waals surface area contributed by atoms with Gasteiger partial charge in [-0.3, -0.25) is 9.59 Å². The highest BCUT2D eigenvalue weighted by molar-refractivity contribution is 6.33. The summed E-state index contributed by atoms with van der Waals surface area (Å²) < 4.78 is 13.9. The van der Waals surface area contributed by atoms with Gasteiger partial charge in [0.25, 0.3) is 5.91 Å². The number of piperazine rings is 1. The summed E-state index contributed by atoms with van der Waals surface area (Å²) in [6, 6.07) is 13.3. The molecule has 2 aromatic carbocycles. The molecule has 7 heteroatoms. The van der Waals surface area contributed by atoms with E-state index in [2.05, 4.69) is 10.2 Å². The van der Waals surface area contributed by atoms with Gasteiger partial charge in [0.15, 0.2) is 0 Å². The molecule has 5 nitrogen and oxygen atoms in total. The van der Waals surface area contributed by atoms with Crippen molar-refractivity contribution in [3.05, 3.63) is 64.9 Å². The zero-order valence-corrected chi connectivity index (χ0v) is 15.7. The van der Waals surface area contributed by atoms with Crippen LogP contribution < -0.4 is 10.2 Å². The quantitative estimate of drug-likeness (QED) is 0.874. The number of rotatable bonds is 4. The number of anilines is 1. The van der Waals surface area contributed by atoms with E-state index in [9.17, 15) is 14.0 Å². The predicted molar refractivity (Wildman–Crippen MR) is 104 cm³/mol. The zero-order valence-electron chi connectivity index (χ0n) is 15.0. The van der Waals surface area contributed by atoms with Gasteiger partial charge in [-0.15, -0.1) is 0 Å². The highest BCUT2D eigenvalue weighted by atomic mass is 35.5. The van der Waals surface area contributed by atoms with Gasteiger partial charge >= 0.3 is 0 Å². The minimum absolute atomic E-state index is 0.0172. The van der Waals surface area contributed by atoms with E-state index in [1.165, 1.54) is 12.1 Å². The molecule has 0 spiro atoms. The van der Waals surface area contributed by atoms with Crippen molar-refractivity contribution < 1.29 is 14.0 Å². The summed E-state index contributed by atoms with van der Waals surface area (Å²) in [5, 5.41) is 2.57. The number of hydrogen-bond donors (Lipinski definition) is 1. The second-order valence-corrected chi connectivity index (χ2v) is 6.85. The lowest BCUT2D eigenvalue weighted by Gasteiger charge is -2.37. The van der Waals surface area contributed by atoms with Crippen LogP contribution in [0.5, 0.6) is 0 Å². The van der Waals surface area contributed by atoms with E-state index in [0.29, 0.717) is 13.1 Å². The van der Waals surface area contributed by atoms with Crippen LogP contribution in [0.25, 0.3) is 0 Å². The van der Waals surface area contributed by atoms with Gasteiger partial charge in [0, 0.05) is 31.9 Å². The molecule has 3 rings (SSSR count). The first-order valence-electron chi connectivity index (χ1n) is 8.81. The monoisotopic (exact) mass is 389 g/mol. The molecule has 0 aliphatic carbocycles. The highest BCUT2D eigenvalue weighted by Gasteiger charge is 2.27. The Balaban J connectivity index is 1.57. The third-order valence-corrected chi connectivity index (χ3v) is 4.94. The number of carbonyl (C=O) groups is 2. The second kappa shape index (κ2) is 8.39. The van der Waals surface area contributed by atoms with Gasteiger partial charge in [-0.25, -0.2) is 4.39 Å². The number of amides is 2. The molecule has 142 valence electrons. The van der Waals surface area contributed by atoms with Crippen LogP contribution in [-0.2, 0) is 4.79 Å². The smallest absolute Gasteiger partial charge is 0.256 e. The fourth-order valence-electron chi connectivity index (χ4n) is 3.14. The van der Waals surface area contributed by atoms with E-state index < -0.39 is 17.8 Å². The van der Waals surface area contributed by atoms with Crippen molar-refractivity contribution in [1.29, 1.82) is 0 Å². The summed E-state index contributed by atoms with van der Waals surface area (Å²) in [6.45, 7) is 4.16. The third-order valence-electron chi connectivity index (χ3n) is 4.62. The molecule has 1 heterocycles. The van der Waals surface area contributed by atoms with Crippen LogP contribution in [0.4, 0.5) is 10.1 Å². The minimum atomic E-state index is -0.767. The van der Waals surface area contributed by atoms with Crippen LogP contribution in [0.15, 0.2) is 48.5 Å². The Bertz CT molecular complexity index is 803. The van der Waals surface area contributed by atoms with E-state index in [1.807, 2.05) is 30.3 Å². The Morgan fingerprint density at radius 3 is 2.33 bits per heavy atom. The molecule has 1 aliphatic rings. The molecule has 1 aliphatic heterocycles. The summed E-state index contributed by atoms with van der Waals surface area (Å²) in [5.41, 5.74) is 0.882. The lowest BCUT2D eigenvalue weighted by Crippen LogP contribution is -2.54. The molecule has 0 unspecified atom stereocenters. The van der Waals surface area contributed by atoms with Crippen LogP contribution in [-0.4, -0.2) is 48.9 Å². The molecule has 27 heavy (non-hydrogen) atoms. The van der Waals surface area contributed by atoms with E-state index in [-0.39, 0.29) is 16.5 Å². The Labute approximate surface area is 162 Å². The third kappa shape index (κ3) is 4.39. The summed E-state index contributed by atoms with van der Waals surface area (Å²) in [7, 11) is 0. The molecule has 1 atom stereocenters. The maximum Gasteiger partial charge on any atom is 0.256 e. The van der Waals surface area contributed by atoms with E-state index >= 15 is 0 Å². The summed E-state index contributed by atoms with van der Waals surface area (Å²) in [4.78, 5) is 28.9. The average molecular weight is 390 g/mol. The lowest BCUT2D eigenvalue weighted by atomic mass is 10.1. The summed E-state index contributed by atoms with van der Waals surface area (Å²) >= 11 is 5.91. The van der Waals surface area contributed by atoms with Gasteiger partial charge in [-0.1, -0.05) is 35.9 Å². The minimum Gasteiger partial charge on any atom is -0.368 e. The van der Waals surface area contributed by atoms with Crippen molar-refractivity contribution in [3.8, 4) is 0 Å².